The second-order valence-electron chi connectivity index (χ2n) is 4.12. The van der Waals surface area contributed by atoms with Crippen LogP contribution in [0.25, 0.3) is 0 Å². The van der Waals surface area contributed by atoms with Crippen LogP contribution < -0.4 is 4.74 Å². The van der Waals surface area contributed by atoms with Gasteiger partial charge in [0.15, 0.2) is 6.61 Å². The normalized spacial score (nSPS) is 10.9. The molecule has 0 aliphatic rings. The maximum Gasteiger partial charge on any atom is 0.306 e. The van der Waals surface area contributed by atoms with Gasteiger partial charge in [0.1, 0.15) is 5.75 Å². The predicted octanol–water partition coefficient (Wildman–Crippen LogP) is 4.38. The van der Waals surface area contributed by atoms with E-state index >= 15 is 0 Å². The first-order valence-corrected chi connectivity index (χ1v) is 6.16. The first-order valence-electron chi connectivity index (χ1n) is 5.79. The van der Waals surface area contributed by atoms with Crippen LogP contribution >= 0.6 is 11.6 Å². The molecule has 0 heterocycles. The smallest absolute Gasteiger partial charge is 0.306 e. The van der Waals surface area contributed by atoms with Crippen LogP contribution in [-0.2, 0) is 5.92 Å². The minimum absolute atomic E-state index is 0.121. The zero-order valence-corrected chi connectivity index (χ0v) is 11.1. The molecule has 0 spiro atoms. The molecule has 0 bridgehead atoms. The van der Waals surface area contributed by atoms with Crippen LogP contribution in [0.3, 0.4) is 0 Å². The summed E-state index contributed by atoms with van der Waals surface area (Å²) in [6.45, 7) is -0.817. The molecule has 20 heavy (non-hydrogen) atoms. The van der Waals surface area contributed by atoms with E-state index in [1.807, 2.05) is 6.07 Å². The molecule has 0 atom stereocenters. The van der Waals surface area contributed by atoms with Crippen molar-refractivity contribution < 1.29 is 13.5 Å². The molecule has 0 N–H and O–H groups in total. The highest BCUT2D eigenvalue weighted by Crippen LogP contribution is 2.31. The molecule has 2 nitrogen and oxygen atoms in total. The maximum atomic E-state index is 13.9. The van der Waals surface area contributed by atoms with Gasteiger partial charge in [-0.25, -0.2) is 0 Å². The highest BCUT2D eigenvalue weighted by molar-refractivity contribution is 6.32. The largest absolute Gasteiger partial charge is 0.485 e. The predicted molar refractivity (Wildman–Crippen MR) is 72.0 cm³/mol. The van der Waals surface area contributed by atoms with E-state index in [2.05, 4.69) is 0 Å². The third-order valence-electron chi connectivity index (χ3n) is 2.67. The maximum absolute atomic E-state index is 13.9. The van der Waals surface area contributed by atoms with Gasteiger partial charge in [-0.05, 0) is 18.2 Å². The van der Waals surface area contributed by atoms with Crippen LogP contribution in [0.5, 0.6) is 5.75 Å². The summed E-state index contributed by atoms with van der Waals surface area (Å²) in [5, 5.41) is 8.82. The second-order valence-corrected chi connectivity index (χ2v) is 4.52. The van der Waals surface area contributed by atoms with Crippen molar-refractivity contribution in [3.05, 3.63) is 64.7 Å². The molecule has 0 amide bonds. The minimum Gasteiger partial charge on any atom is -0.485 e. The number of alkyl halides is 2. The Balaban J connectivity index is 2.11. The summed E-state index contributed by atoms with van der Waals surface area (Å²) < 4.78 is 32.9. The average molecular weight is 294 g/mol. The first kappa shape index (κ1) is 14.3. The Morgan fingerprint density at radius 1 is 1.15 bits per heavy atom. The number of rotatable bonds is 4. The number of ether oxygens (including phenoxy) is 1. The second kappa shape index (κ2) is 5.89. The number of nitrogens with zero attached hydrogens (tertiary/aromatic N) is 1. The van der Waals surface area contributed by atoms with E-state index in [9.17, 15) is 8.78 Å². The molecule has 0 fully saturated rings. The summed E-state index contributed by atoms with van der Waals surface area (Å²) in [5.74, 6) is -2.99. The fourth-order valence-corrected chi connectivity index (χ4v) is 1.86. The van der Waals surface area contributed by atoms with E-state index in [0.29, 0.717) is 5.56 Å². The average Bonchev–Trinajstić information content (AvgIpc) is 2.47. The zero-order valence-electron chi connectivity index (χ0n) is 10.3. The third kappa shape index (κ3) is 3.25. The van der Waals surface area contributed by atoms with Crippen molar-refractivity contribution in [2.45, 2.75) is 5.92 Å². The highest BCUT2D eigenvalue weighted by atomic mass is 35.5. The molecule has 2 rings (SSSR count). The molecule has 0 aliphatic carbocycles. The Kier molecular flexibility index (Phi) is 4.21. The van der Waals surface area contributed by atoms with Gasteiger partial charge in [-0.15, -0.1) is 0 Å². The molecule has 2 aromatic rings. The fraction of sp³-hybridized carbons (Fsp3) is 0.133. The van der Waals surface area contributed by atoms with Gasteiger partial charge >= 0.3 is 5.92 Å². The van der Waals surface area contributed by atoms with Crippen LogP contribution in [0.2, 0.25) is 5.02 Å². The van der Waals surface area contributed by atoms with E-state index in [1.54, 1.807) is 6.07 Å². The lowest BCUT2D eigenvalue weighted by Gasteiger charge is -2.18. The van der Waals surface area contributed by atoms with Crippen LogP contribution in [0, 0.1) is 11.3 Å². The van der Waals surface area contributed by atoms with Crippen molar-refractivity contribution in [2.24, 2.45) is 0 Å². The van der Waals surface area contributed by atoms with Crippen LogP contribution in [0.1, 0.15) is 11.1 Å². The topological polar surface area (TPSA) is 33.0 Å². The number of hydrogen-bond acceptors (Lipinski definition) is 2. The number of benzene rings is 2. The molecule has 5 heteroatoms. The Bertz CT molecular complexity index is 638. The Hall–Kier alpha value is -2.12. The Morgan fingerprint density at radius 2 is 1.85 bits per heavy atom. The standard InChI is InChI=1S/C15H10ClF2NO/c16-13-8-11(9-19)6-7-14(13)20-10-15(17,18)12-4-2-1-3-5-12/h1-8H,10H2. The number of hydrogen-bond donors (Lipinski definition) is 0. The van der Waals surface area contributed by atoms with Gasteiger partial charge in [0.2, 0.25) is 0 Å². The number of halogens is 3. The highest BCUT2D eigenvalue weighted by Gasteiger charge is 2.32. The van der Waals surface area contributed by atoms with Crippen LogP contribution in [0.15, 0.2) is 48.5 Å². The molecular weight excluding hydrogens is 284 g/mol. The molecule has 0 saturated heterocycles. The van der Waals surface area contributed by atoms with E-state index < -0.39 is 12.5 Å². The molecule has 2 aromatic carbocycles. The molecular formula is C15H10ClF2NO. The minimum atomic E-state index is -3.11. The van der Waals surface area contributed by atoms with Crippen molar-refractivity contribution in [3.8, 4) is 11.8 Å². The van der Waals surface area contributed by atoms with Gasteiger partial charge in [0.25, 0.3) is 0 Å². The third-order valence-corrected chi connectivity index (χ3v) is 2.96. The van der Waals surface area contributed by atoms with Crippen molar-refractivity contribution >= 4 is 11.6 Å². The lowest BCUT2D eigenvalue weighted by Crippen LogP contribution is -2.23. The SMILES string of the molecule is N#Cc1ccc(OCC(F)(F)c2ccccc2)c(Cl)c1. The summed E-state index contributed by atoms with van der Waals surface area (Å²) in [7, 11) is 0. The van der Waals surface area contributed by atoms with Crippen molar-refractivity contribution in [1.29, 1.82) is 5.26 Å². The number of nitriles is 1. The van der Waals surface area contributed by atoms with E-state index in [1.165, 1.54) is 42.5 Å². The summed E-state index contributed by atoms with van der Waals surface area (Å²) in [5.41, 5.74) is 0.224. The zero-order chi connectivity index (χ0) is 14.6. The van der Waals surface area contributed by atoms with Crippen molar-refractivity contribution in [3.63, 3.8) is 0 Å². The molecule has 0 aliphatic heterocycles. The molecule has 0 unspecified atom stereocenters. The van der Waals surface area contributed by atoms with Gasteiger partial charge in [-0.2, -0.15) is 14.0 Å². The van der Waals surface area contributed by atoms with Crippen LogP contribution in [-0.4, -0.2) is 6.61 Å². The first-order chi connectivity index (χ1) is 9.53. The van der Waals surface area contributed by atoms with Gasteiger partial charge in [-0.3, -0.25) is 0 Å². The quantitative estimate of drug-likeness (QED) is 0.838. The van der Waals surface area contributed by atoms with E-state index in [0.717, 1.165) is 0 Å². The Labute approximate surface area is 120 Å². The van der Waals surface area contributed by atoms with Crippen molar-refractivity contribution in [2.75, 3.05) is 6.61 Å². The summed E-state index contributed by atoms with van der Waals surface area (Å²) in [6, 6.07) is 13.6. The lowest BCUT2D eigenvalue weighted by atomic mass is 10.1. The summed E-state index contributed by atoms with van der Waals surface area (Å²) in [6.07, 6.45) is 0. The van der Waals surface area contributed by atoms with E-state index in [-0.39, 0.29) is 16.3 Å². The van der Waals surface area contributed by atoms with Gasteiger partial charge < -0.3 is 4.74 Å². The fourth-order valence-electron chi connectivity index (χ4n) is 1.62. The lowest BCUT2D eigenvalue weighted by molar-refractivity contribution is -0.0466. The monoisotopic (exact) mass is 293 g/mol. The van der Waals surface area contributed by atoms with Gasteiger partial charge in [-0.1, -0.05) is 41.9 Å². The molecule has 0 radical (unpaired) electrons. The van der Waals surface area contributed by atoms with Gasteiger partial charge in [0.05, 0.1) is 16.7 Å². The Morgan fingerprint density at radius 3 is 2.45 bits per heavy atom. The molecule has 0 aromatic heterocycles. The van der Waals surface area contributed by atoms with Gasteiger partial charge in [0, 0.05) is 5.56 Å². The summed E-state index contributed by atoms with van der Waals surface area (Å²) in [4.78, 5) is 0. The van der Waals surface area contributed by atoms with Crippen LogP contribution in [0.4, 0.5) is 8.78 Å². The molecule has 0 saturated carbocycles. The summed E-state index contributed by atoms with van der Waals surface area (Å²) >= 11 is 5.86. The van der Waals surface area contributed by atoms with Crippen molar-refractivity contribution in [1.82, 2.24) is 0 Å². The molecule has 102 valence electrons. The van der Waals surface area contributed by atoms with E-state index in [4.69, 9.17) is 21.6 Å².